The van der Waals surface area contributed by atoms with Crippen LogP contribution in [0, 0.1) is 6.92 Å². The topological polar surface area (TPSA) is 64.1 Å². The highest BCUT2D eigenvalue weighted by atomic mass is 127. The molecule has 0 saturated carbocycles. The number of hydrogen-bond donors (Lipinski definition) is 2. The molecule has 31 heavy (non-hydrogen) atoms. The normalized spacial score (nSPS) is 11.2. The van der Waals surface area contributed by atoms with Gasteiger partial charge in [-0.15, -0.1) is 24.0 Å². The van der Waals surface area contributed by atoms with Crippen LogP contribution < -0.4 is 15.4 Å². The van der Waals surface area contributed by atoms with Crippen molar-refractivity contribution in [2.75, 3.05) is 27.4 Å². The zero-order valence-corrected chi connectivity index (χ0v) is 21.6. The molecule has 2 aromatic carbocycles. The van der Waals surface area contributed by atoms with Gasteiger partial charge in [0.2, 0.25) is 0 Å². The summed E-state index contributed by atoms with van der Waals surface area (Å²) in [4.78, 5) is 4.33. The van der Waals surface area contributed by atoms with Gasteiger partial charge in [0.1, 0.15) is 12.4 Å². The summed E-state index contributed by atoms with van der Waals surface area (Å²) in [6.07, 6.45) is 0.222. The predicted molar refractivity (Wildman–Crippen MR) is 137 cm³/mol. The molecule has 2 rings (SSSR count). The van der Waals surface area contributed by atoms with Crippen molar-refractivity contribution >= 4 is 29.9 Å². The molecule has 0 heterocycles. The van der Waals surface area contributed by atoms with Crippen molar-refractivity contribution in [3.05, 3.63) is 64.7 Å². The van der Waals surface area contributed by atoms with Gasteiger partial charge < -0.3 is 24.8 Å². The molecule has 0 atom stereocenters. The van der Waals surface area contributed by atoms with Crippen LogP contribution in [0.15, 0.2) is 47.5 Å². The van der Waals surface area contributed by atoms with Crippen LogP contribution in [0.1, 0.15) is 36.1 Å². The van der Waals surface area contributed by atoms with Gasteiger partial charge in [0.05, 0.1) is 19.3 Å². The lowest BCUT2D eigenvalue weighted by Gasteiger charge is -2.16. The van der Waals surface area contributed by atoms with Crippen molar-refractivity contribution in [3.63, 3.8) is 0 Å². The summed E-state index contributed by atoms with van der Waals surface area (Å²) in [5.41, 5.74) is 4.59. The fourth-order valence-electron chi connectivity index (χ4n) is 2.85. The van der Waals surface area contributed by atoms with Crippen LogP contribution >= 0.6 is 24.0 Å². The summed E-state index contributed by atoms with van der Waals surface area (Å²) in [6.45, 7) is 9.15. The lowest BCUT2D eigenvalue weighted by Crippen LogP contribution is -2.36. The van der Waals surface area contributed by atoms with E-state index in [1.165, 1.54) is 11.1 Å². The molecule has 7 heteroatoms. The number of aryl methyl sites for hydroxylation is 1. The number of hydrogen-bond acceptors (Lipinski definition) is 4. The molecule has 2 aromatic rings. The van der Waals surface area contributed by atoms with E-state index in [1.807, 2.05) is 19.9 Å². The van der Waals surface area contributed by atoms with E-state index >= 15 is 0 Å². The predicted octanol–water partition coefficient (Wildman–Crippen LogP) is 4.43. The molecule has 172 valence electrons. The summed E-state index contributed by atoms with van der Waals surface area (Å²) in [6, 6.07) is 14.6. The van der Waals surface area contributed by atoms with E-state index in [2.05, 4.69) is 58.9 Å². The Balaban J connectivity index is 0.00000480. The molecule has 0 spiro atoms. The Kier molecular flexibility index (Phi) is 13.2. The number of ether oxygens (including phenoxy) is 3. The largest absolute Gasteiger partial charge is 0.491 e. The molecule has 0 aliphatic heterocycles. The number of guanidine groups is 1. The van der Waals surface area contributed by atoms with Gasteiger partial charge in [-0.2, -0.15) is 0 Å². The minimum Gasteiger partial charge on any atom is -0.491 e. The zero-order chi connectivity index (χ0) is 21.8. The van der Waals surface area contributed by atoms with Gasteiger partial charge >= 0.3 is 0 Å². The molecule has 0 aliphatic carbocycles. The van der Waals surface area contributed by atoms with E-state index in [9.17, 15) is 0 Å². The smallest absolute Gasteiger partial charge is 0.191 e. The Morgan fingerprint density at radius 1 is 1.00 bits per heavy atom. The van der Waals surface area contributed by atoms with Crippen LogP contribution in [-0.2, 0) is 29.2 Å². The van der Waals surface area contributed by atoms with Gasteiger partial charge in [-0.25, -0.2) is 0 Å². The Bertz CT molecular complexity index is 812. The first kappa shape index (κ1) is 27.2. The van der Waals surface area contributed by atoms with Crippen molar-refractivity contribution in [3.8, 4) is 5.75 Å². The minimum absolute atomic E-state index is 0. The highest BCUT2D eigenvalue weighted by Crippen LogP contribution is 2.20. The van der Waals surface area contributed by atoms with Crippen molar-refractivity contribution < 1.29 is 14.2 Å². The average Bonchev–Trinajstić information content (AvgIpc) is 2.74. The first-order valence-corrected chi connectivity index (χ1v) is 10.4. The summed E-state index contributed by atoms with van der Waals surface area (Å²) < 4.78 is 16.6. The molecule has 0 aliphatic rings. The number of aliphatic imine (C=N–C) groups is 1. The quantitative estimate of drug-likeness (QED) is 0.191. The fourth-order valence-corrected chi connectivity index (χ4v) is 2.85. The molecule has 0 amide bonds. The molecule has 0 radical (unpaired) electrons. The Hall–Kier alpha value is -1.84. The summed E-state index contributed by atoms with van der Waals surface area (Å²) in [5.74, 6) is 1.61. The van der Waals surface area contributed by atoms with E-state index < -0.39 is 0 Å². The Morgan fingerprint density at radius 3 is 2.45 bits per heavy atom. The van der Waals surface area contributed by atoms with Crippen molar-refractivity contribution in [1.82, 2.24) is 10.6 Å². The summed E-state index contributed by atoms with van der Waals surface area (Å²) in [7, 11) is 3.44. The standard InChI is InChI=1S/C24H35N3O3.HI/c1-18(2)30-17-21-8-6-7-20(14-21)15-26-24(25-4)27-16-22-10-9-19(3)13-23(22)29-12-11-28-5;/h6-10,13-14,18H,11-12,15-17H2,1-5H3,(H2,25,26,27);1H. The molecule has 6 nitrogen and oxygen atoms in total. The van der Waals surface area contributed by atoms with Gasteiger partial charge in [0.25, 0.3) is 0 Å². The average molecular weight is 541 g/mol. The fraction of sp³-hybridized carbons (Fsp3) is 0.458. The second-order valence-corrected chi connectivity index (χ2v) is 7.41. The van der Waals surface area contributed by atoms with Crippen LogP contribution in [0.5, 0.6) is 5.75 Å². The van der Waals surface area contributed by atoms with Gasteiger partial charge in [-0.3, -0.25) is 4.99 Å². The second kappa shape index (κ2) is 15.0. The third kappa shape index (κ3) is 10.3. The maximum Gasteiger partial charge on any atom is 0.191 e. The molecule has 0 saturated heterocycles. The van der Waals surface area contributed by atoms with Crippen molar-refractivity contribution in [2.45, 2.75) is 46.6 Å². The monoisotopic (exact) mass is 541 g/mol. The van der Waals surface area contributed by atoms with Gasteiger partial charge in [0.15, 0.2) is 5.96 Å². The minimum atomic E-state index is 0. The Morgan fingerprint density at radius 2 is 1.74 bits per heavy atom. The number of nitrogens with one attached hydrogen (secondary N) is 2. The summed E-state index contributed by atoms with van der Waals surface area (Å²) >= 11 is 0. The zero-order valence-electron chi connectivity index (χ0n) is 19.2. The number of rotatable bonds is 11. The Labute approximate surface area is 203 Å². The van der Waals surface area contributed by atoms with E-state index in [4.69, 9.17) is 14.2 Å². The van der Waals surface area contributed by atoms with Crippen LogP contribution in [0.4, 0.5) is 0 Å². The number of benzene rings is 2. The highest BCUT2D eigenvalue weighted by Gasteiger charge is 2.07. The van der Waals surface area contributed by atoms with Gasteiger partial charge in [0, 0.05) is 32.8 Å². The van der Waals surface area contributed by atoms with Gasteiger partial charge in [-0.1, -0.05) is 36.4 Å². The van der Waals surface area contributed by atoms with E-state index in [0.717, 1.165) is 22.8 Å². The first-order chi connectivity index (χ1) is 14.5. The van der Waals surface area contributed by atoms with Crippen LogP contribution in [0.2, 0.25) is 0 Å². The van der Waals surface area contributed by atoms with Crippen molar-refractivity contribution in [1.29, 1.82) is 0 Å². The van der Waals surface area contributed by atoms with Crippen LogP contribution in [-0.4, -0.2) is 39.4 Å². The lowest BCUT2D eigenvalue weighted by molar-refractivity contribution is 0.0657. The number of methoxy groups -OCH3 is 1. The maximum atomic E-state index is 5.87. The number of nitrogens with zero attached hydrogens (tertiary/aromatic N) is 1. The highest BCUT2D eigenvalue weighted by molar-refractivity contribution is 14.0. The third-order valence-electron chi connectivity index (χ3n) is 4.47. The summed E-state index contributed by atoms with van der Waals surface area (Å²) in [5, 5.41) is 6.73. The van der Waals surface area contributed by atoms with Crippen LogP contribution in [0.3, 0.4) is 0 Å². The molecular formula is C24H36IN3O3. The second-order valence-electron chi connectivity index (χ2n) is 7.41. The lowest BCUT2D eigenvalue weighted by atomic mass is 10.1. The van der Waals surface area contributed by atoms with E-state index in [0.29, 0.717) is 32.9 Å². The van der Waals surface area contributed by atoms with E-state index in [1.54, 1.807) is 14.2 Å². The third-order valence-corrected chi connectivity index (χ3v) is 4.47. The van der Waals surface area contributed by atoms with E-state index in [-0.39, 0.29) is 30.1 Å². The van der Waals surface area contributed by atoms with Crippen molar-refractivity contribution in [2.24, 2.45) is 4.99 Å². The number of halogens is 1. The first-order valence-electron chi connectivity index (χ1n) is 10.4. The SMILES string of the molecule is CN=C(NCc1cccc(COC(C)C)c1)NCc1ccc(C)cc1OCCOC.I. The molecule has 0 aromatic heterocycles. The maximum absolute atomic E-state index is 5.87. The van der Waals surface area contributed by atoms with Crippen LogP contribution in [0.25, 0.3) is 0 Å². The van der Waals surface area contributed by atoms with Gasteiger partial charge in [-0.05, 0) is 43.5 Å². The molecular weight excluding hydrogens is 505 g/mol. The molecule has 2 N–H and O–H groups in total. The molecule has 0 bridgehead atoms. The molecule has 0 unspecified atom stereocenters. The molecule has 0 fully saturated rings.